The lowest BCUT2D eigenvalue weighted by Gasteiger charge is -2.00. The zero-order valence-electron chi connectivity index (χ0n) is 17.4. The van der Waals surface area contributed by atoms with Crippen LogP contribution in [0.5, 0.6) is 0 Å². The first-order valence-corrected chi connectivity index (χ1v) is 11.1. The van der Waals surface area contributed by atoms with E-state index in [-0.39, 0.29) is 0 Å². The van der Waals surface area contributed by atoms with Crippen molar-refractivity contribution in [2.45, 2.75) is 129 Å². The lowest BCUT2D eigenvalue weighted by molar-refractivity contribution is -0.137. The Bertz CT molecular complexity index is 234. The van der Waals surface area contributed by atoms with Crippen LogP contribution in [0.3, 0.4) is 0 Å². The molecule has 0 unspecified atom stereocenters. The molecule has 0 rings (SSSR count). The van der Waals surface area contributed by atoms with Gasteiger partial charge in [0.1, 0.15) is 0 Å². The molecule has 0 spiro atoms. The fraction of sp³-hybridized carbons (Fsp3) is 0.955. The van der Waals surface area contributed by atoms with E-state index in [0.29, 0.717) is 6.42 Å². The maximum Gasteiger partial charge on any atom is 0.303 e. The van der Waals surface area contributed by atoms with Crippen LogP contribution in [0, 0.1) is 0 Å². The molecule has 3 nitrogen and oxygen atoms in total. The monoisotopic (exact) mass is 357 g/mol. The maximum absolute atomic E-state index is 10.1. The standard InChI is InChI=1S/C12H27N.C10H20O2/c1-2-3-4-5-6-7-8-9-10-11-12-13;1-2-3-4-5-6-7-8-9-10(11)12/h2-13H2,1H3;2-9H2,1H3,(H,11,12). The van der Waals surface area contributed by atoms with Gasteiger partial charge in [-0.1, -0.05) is 110 Å². The van der Waals surface area contributed by atoms with Crippen molar-refractivity contribution in [3.8, 4) is 0 Å². The number of carboxylic acids is 1. The van der Waals surface area contributed by atoms with Crippen LogP contribution in [-0.2, 0) is 4.79 Å². The Kier molecular flexibility index (Phi) is 27.4. The Morgan fingerprint density at radius 1 is 0.600 bits per heavy atom. The highest BCUT2D eigenvalue weighted by Crippen LogP contribution is 2.10. The molecule has 3 heteroatoms. The Balaban J connectivity index is 0. The summed E-state index contributed by atoms with van der Waals surface area (Å²) in [6, 6.07) is 0. The molecule has 0 amide bonds. The van der Waals surface area contributed by atoms with E-state index in [1.54, 1.807) is 0 Å². The fourth-order valence-electron chi connectivity index (χ4n) is 2.87. The fourth-order valence-corrected chi connectivity index (χ4v) is 2.87. The van der Waals surface area contributed by atoms with E-state index in [4.69, 9.17) is 10.8 Å². The summed E-state index contributed by atoms with van der Waals surface area (Å²) in [4.78, 5) is 10.1. The number of unbranched alkanes of at least 4 members (excludes halogenated alkanes) is 15. The summed E-state index contributed by atoms with van der Waals surface area (Å²) in [7, 11) is 0. The third-order valence-electron chi connectivity index (χ3n) is 4.55. The van der Waals surface area contributed by atoms with Gasteiger partial charge in [0.2, 0.25) is 0 Å². The molecule has 0 saturated carbocycles. The van der Waals surface area contributed by atoms with Crippen LogP contribution in [0.4, 0.5) is 0 Å². The summed E-state index contributed by atoms with van der Waals surface area (Å²) >= 11 is 0. The average molecular weight is 358 g/mol. The first-order chi connectivity index (χ1) is 12.2. The smallest absolute Gasteiger partial charge is 0.303 e. The van der Waals surface area contributed by atoms with Crippen molar-refractivity contribution >= 4 is 5.97 Å². The molecule has 3 N–H and O–H groups in total. The molecule has 152 valence electrons. The van der Waals surface area contributed by atoms with E-state index in [1.165, 1.54) is 96.3 Å². The van der Waals surface area contributed by atoms with Crippen LogP contribution < -0.4 is 5.73 Å². The van der Waals surface area contributed by atoms with Gasteiger partial charge in [0.15, 0.2) is 0 Å². The molecular formula is C22H47NO2. The van der Waals surface area contributed by atoms with Gasteiger partial charge in [0.25, 0.3) is 0 Å². The zero-order chi connectivity index (χ0) is 19.0. The number of hydrogen-bond acceptors (Lipinski definition) is 2. The molecule has 0 aromatic carbocycles. The number of carboxylic acid groups (broad SMARTS) is 1. The number of nitrogens with two attached hydrogens (primary N) is 1. The lowest BCUT2D eigenvalue weighted by atomic mass is 10.1. The summed E-state index contributed by atoms with van der Waals surface area (Å²) in [5.41, 5.74) is 5.42. The number of carbonyl (C=O) groups is 1. The molecule has 0 aliphatic rings. The third kappa shape index (κ3) is 31.7. The molecule has 0 heterocycles. The summed E-state index contributed by atoms with van der Waals surface area (Å²) < 4.78 is 0. The SMILES string of the molecule is CCCCCCCCCC(=O)O.CCCCCCCCCCCCN. The van der Waals surface area contributed by atoms with Crippen LogP contribution >= 0.6 is 0 Å². The van der Waals surface area contributed by atoms with E-state index in [1.807, 2.05) is 0 Å². The van der Waals surface area contributed by atoms with Crippen molar-refractivity contribution in [3.63, 3.8) is 0 Å². The average Bonchev–Trinajstić information content (AvgIpc) is 2.60. The molecular weight excluding hydrogens is 310 g/mol. The highest BCUT2D eigenvalue weighted by Gasteiger charge is 1.95. The molecule has 0 atom stereocenters. The summed E-state index contributed by atoms with van der Waals surface area (Å²) in [5, 5.41) is 8.35. The second-order valence-corrected chi connectivity index (χ2v) is 7.24. The lowest BCUT2D eigenvalue weighted by Crippen LogP contribution is -1.97. The summed E-state index contributed by atoms with van der Waals surface area (Å²) in [6.07, 6.45) is 22.6. The Hall–Kier alpha value is -0.570. The van der Waals surface area contributed by atoms with Crippen molar-refractivity contribution in [1.82, 2.24) is 0 Å². The van der Waals surface area contributed by atoms with Crippen molar-refractivity contribution in [2.75, 3.05) is 6.54 Å². The van der Waals surface area contributed by atoms with Crippen molar-refractivity contribution in [1.29, 1.82) is 0 Å². The van der Waals surface area contributed by atoms with E-state index < -0.39 is 5.97 Å². The minimum absolute atomic E-state index is 0.341. The number of rotatable bonds is 18. The van der Waals surface area contributed by atoms with E-state index in [9.17, 15) is 4.79 Å². The van der Waals surface area contributed by atoms with Gasteiger partial charge in [-0.05, 0) is 19.4 Å². The number of hydrogen-bond donors (Lipinski definition) is 2. The highest BCUT2D eigenvalue weighted by atomic mass is 16.4. The van der Waals surface area contributed by atoms with Crippen LogP contribution in [-0.4, -0.2) is 17.6 Å². The molecule has 0 aliphatic carbocycles. The second-order valence-electron chi connectivity index (χ2n) is 7.24. The van der Waals surface area contributed by atoms with Gasteiger partial charge < -0.3 is 10.8 Å². The molecule has 0 bridgehead atoms. The van der Waals surface area contributed by atoms with Gasteiger partial charge in [-0.15, -0.1) is 0 Å². The van der Waals surface area contributed by atoms with Crippen LogP contribution in [0.15, 0.2) is 0 Å². The van der Waals surface area contributed by atoms with Gasteiger partial charge >= 0.3 is 5.97 Å². The number of aliphatic carboxylic acids is 1. The molecule has 0 aliphatic heterocycles. The zero-order valence-corrected chi connectivity index (χ0v) is 17.4. The van der Waals surface area contributed by atoms with E-state index in [0.717, 1.165) is 19.4 Å². The largest absolute Gasteiger partial charge is 0.481 e. The molecule has 0 aromatic rings. The van der Waals surface area contributed by atoms with Crippen LogP contribution in [0.25, 0.3) is 0 Å². The minimum atomic E-state index is -0.663. The predicted octanol–water partition coefficient (Wildman–Crippen LogP) is 7.08. The summed E-state index contributed by atoms with van der Waals surface area (Å²) in [6.45, 7) is 5.34. The quantitative estimate of drug-likeness (QED) is 0.258. The first-order valence-electron chi connectivity index (χ1n) is 11.1. The van der Waals surface area contributed by atoms with Gasteiger partial charge in [0, 0.05) is 6.42 Å². The first kappa shape index (κ1) is 26.7. The molecule has 0 saturated heterocycles. The van der Waals surface area contributed by atoms with Crippen molar-refractivity contribution in [3.05, 3.63) is 0 Å². The Labute approximate surface area is 158 Å². The Morgan fingerprint density at radius 2 is 0.920 bits per heavy atom. The van der Waals surface area contributed by atoms with Gasteiger partial charge in [-0.2, -0.15) is 0 Å². The maximum atomic E-state index is 10.1. The second kappa shape index (κ2) is 25.7. The van der Waals surface area contributed by atoms with Gasteiger partial charge in [0.05, 0.1) is 0 Å². The molecule has 25 heavy (non-hydrogen) atoms. The highest BCUT2D eigenvalue weighted by molar-refractivity contribution is 5.66. The van der Waals surface area contributed by atoms with Gasteiger partial charge in [-0.25, -0.2) is 0 Å². The Morgan fingerprint density at radius 3 is 1.24 bits per heavy atom. The topological polar surface area (TPSA) is 63.3 Å². The van der Waals surface area contributed by atoms with E-state index >= 15 is 0 Å². The van der Waals surface area contributed by atoms with Crippen LogP contribution in [0.1, 0.15) is 129 Å². The van der Waals surface area contributed by atoms with Crippen molar-refractivity contribution < 1.29 is 9.90 Å². The predicted molar refractivity (Wildman–Crippen MR) is 111 cm³/mol. The third-order valence-corrected chi connectivity index (χ3v) is 4.55. The van der Waals surface area contributed by atoms with Crippen LogP contribution in [0.2, 0.25) is 0 Å². The summed E-state index contributed by atoms with van der Waals surface area (Å²) in [5.74, 6) is -0.663. The van der Waals surface area contributed by atoms with Crippen molar-refractivity contribution in [2.24, 2.45) is 5.73 Å². The minimum Gasteiger partial charge on any atom is -0.481 e. The van der Waals surface area contributed by atoms with Gasteiger partial charge in [-0.3, -0.25) is 4.79 Å². The molecule has 0 radical (unpaired) electrons. The normalized spacial score (nSPS) is 10.4. The molecule has 0 fully saturated rings. The van der Waals surface area contributed by atoms with E-state index in [2.05, 4.69) is 13.8 Å². The molecule has 0 aromatic heterocycles.